The molecule has 0 saturated carbocycles. The second-order valence-electron chi connectivity index (χ2n) is 5.39. The quantitative estimate of drug-likeness (QED) is 0.461. The van der Waals surface area contributed by atoms with Crippen molar-refractivity contribution < 1.29 is 36.3 Å². The van der Waals surface area contributed by atoms with Gasteiger partial charge in [0.1, 0.15) is 31.5 Å². The van der Waals surface area contributed by atoms with Gasteiger partial charge in [0.05, 0.1) is 20.3 Å². The van der Waals surface area contributed by atoms with Crippen LogP contribution < -0.4 is 22.0 Å². The highest BCUT2D eigenvalue weighted by Crippen LogP contribution is 2.18. The zero-order valence-electron chi connectivity index (χ0n) is 13.6. The van der Waals surface area contributed by atoms with Crippen LogP contribution >= 0.6 is 0 Å². The van der Waals surface area contributed by atoms with E-state index in [1.54, 1.807) is 13.2 Å². The summed E-state index contributed by atoms with van der Waals surface area (Å²) in [5.74, 6) is 0.406. The van der Waals surface area contributed by atoms with E-state index in [1.165, 1.54) is 11.0 Å². The number of quaternary nitrogens is 1. The fourth-order valence-corrected chi connectivity index (χ4v) is 2.51. The molecule has 6 heteroatoms. The second kappa shape index (κ2) is 10.3. The van der Waals surface area contributed by atoms with Gasteiger partial charge in [-0.05, 0) is 19.1 Å². The van der Waals surface area contributed by atoms with Gasteiger partial charge < -0.3 is 31.5 Å². The SMILES string of the molecule is COc1ccccc1/C=C/C(=O)OC(C)C[NH+]1CCOCC1.[Cl-]. The molecule has 0 aromatic heterocycles. The van der Waals surface area contributed by atoms with Gasteiger partial charge >= 0.3 is 5.97 Å². The van der Waals surface area contributed by atoms with Gasteiger partial charge in [-0.25, -0.2) is 4.79 Å². The zero-order valence-corrected chi connectivity index (χ0v) is 14.3. The highest BCUT2D eigenvalue weighted by Gasteiger charge is 2.18. The van der Waals surface area contributed by atoms with E-state index in [9.17, 15) is 4.79 Å². The van der Waals surface area contributed by atoms with Gasteiger partial charge in [-0.3, -0.25) is 0 Å². The molecule has 2 rings (SSSR count). The van der Waals surface area contributed by atoms with Crippen LogP contribution in [0.25, 0.3) is 6.08 Å². The van der Waals surface area contributed by atoms with Crippen molar-refractivity contribution in [2.75, 3.05) is 40.0 Å². The normalized spacial score (nSPS) is 16.6. The van der Waals surface area contributed by atoms with Crippen molar-refractivity contribution in [3.05, 3.63) is 35.9 Å². The summed E-state index contributed by atoms with van der Waals surface area (Å²) in [6, 6.07) is 7.54. The largest absolute Gasteiger partial charge is 1.00 e. The number of hydrogen-bond acceptors (Lipinski definition) is 4. The lowest BCUT2D eigenvalue weighted by molar-refractivity contribution is -0.910. The number of hydrogen-bond donors (Lipinski definition) is 1. The lowest BCUT2D eigenvalue weighted by atomic mass is 10.2. The van der Waals surface area contributed by atoms with Crippen LogP contribution in [-0.2, 0) is 14.3 Å². The number of nitrogens with one attached hydrogen (secondary N) is 1. The van der Waals surface area contributed by atoms with Crippen LogP contribution in [0.15, 0.2) is 30.3 Å². The Morgan fingerprint density at radius 2 is 2.04 bits per heavy atom. The zero-order chi connectivity index (χ0) is 15.8. The Bertz CT molecular complexity index is 515. The molecular weight excluding hydrogens is 318 g/mol. The molecule has 128 valence electrons. The monoisotopic (exact) mass is 341 g/mol. The number of benzene rings is 1. The molecule has 5 nitrogen and oxygen atoms in total. The minimum atomic E-state index is -0.328. The van der Waals surface area contributed by atoms with Crippen molar-refractivity contribution in [2.24, 2.45) is 0 Å². The highest BCUT2D eigenvalue weighted by atomic mass is 35.5. The topological polar surface area (TPSA) is 49.2 Å². The number of methoxy groups -OCH3 is 1. The molecular formula is C17H24ClNO4. The number of rotatable bonds is 6. The number of esters is 1. The van der Waals surface area contributed by atoms with Crippen molar-refractivity contribution in [3.8, 4) is 5.75 Å². The molecule has 1 N–H and O–H groups in total. The summed E-state index contributed by atoms with van der Waals surface area (Å²) in [6.07, 6.45) is 3.06. The van der Waals surface area contributed by atoms with Gasteiger partial charge in [-0.1, -0.05) is 18.2 Å². The van der Waals surface area contributed by atoms with E-state index in [1.807, 2.05) is 31.2 Å². The van der Waals surface area contributed by atoms with Crippen LogP contribution in [0.4, 0.5) is 0 Å². The second-order valence-corrected chi connectivity index (χ2v) is 5.39. The number of para-hydroxylation sites is 1. The predicted molar refractivity (Wildman–Crippen MR) is 84.0 cm³/mol. The first-order chi connectivity index (χ1) is 10.7. The fourth-order valence-electron chi connectivity index (χ4n) is 2.51. The van der Waals surface area contributed by atoms with Crippen LogP contribution in [0.2, 0.25) is 0 Å². The van der Waals surface area contributed by atoms with Crippen molar-refractivity contribution >= 4 is 12.0 Å². The third kappa shape index (κ3) is 6.60. The van der Waals surface area contributed by atoms with Crippen LogP contribution in [0.1, 0.15) is 12.5 Å². The molecule has 1 aliphatic rings. The first-order valence-corrected chi connectivity index (χ1v) is 7.62. The van der Waals surface area contributed by atoms with Crippen LogP contribution in [0.5, 0.6) is 5.75 Å². The maximum atomic E-state index is 11.9. The molecule has 0 spiro atoms. The van der Waals surface area contributed by atoms with Gasteiger partial charge in [0.15, 0.2) is 0 Å². The van der Waals surface area contributed by atoms with E-state index in [0.29, 0.717) is 0 Å². The number of carbonyl (C=O) groups is 1. The Kier molecular flexibility index (Phi) is 8.69. The number of carbonyl (C=O) groups excluding carboxylic acids is 1. The third-order valence-corrected chi connectivity index (χ3v) is 3.63. The average Bonchev–Trinajstić information content (AvgIpc) is 2.54. The molecule has 0 amide bonds. The lowest BCUT2D eigenvalue weighted by Gasteiger charge is -2.25. The summed E-state index contributed by atoms with van der Waals surface area (Å²) in [7, 11) is 1.61. The van der Waals surface area contributed by atoms with Crippen LogP contribution in [0.3, 0.4) is 0 Å². The van der Waals surface area contributed by atoms with Crippen molar-refractivity contribution in [3.63, 3.8) is 0 Å². The molecule has 1 saturated heterocycles. The van der Waals surface area contributed by atoms with E-state index < -0.39 is 0 Å². The molecule has 1 atom stereocenters. The molecule has 1 heterocycles. The van der Waals surface area contributed by atoms with E-state index in [-0.39, 0.29) is 24.5 Å². The summed E-state index contributed by atoms with van der Waals surface area (Å²) >= 11 is 0. The fraction of sp³-hybridized carbons (Fsp3) is 0.471. The summed E-state index contributed by atoms with van der Waals surface area (Å²) in [5.41, 5.74) is 0.855. The molecule has 1 aliphatic heterocycles. The summed E-state index contributed by atoms with van der Waals surface area (Å²) < 4.78 is 16.0. The molecule has 1 aromatic rings. The van der Waals surface area contributed by atoms with Crippen molar-refractivity contribution in [1.82, 2.24) is 0 Å². The van der Waals surface area contributed by atoms with E-state index in [0.717, 1.165) is 44.2 Å². The maximum Gasteiger partial charge on any atom is 0.331 e. The average molecular weight is 342 g/mol. The van der Waals surface area contributed by atoms with Gasteiger partial charge in [-0.2, -0.15) is 0 Å². The minimum absolute atomic E-state index is 0. The van der Waals surface area contributed by atoms with Gasteiger partial charge in [0.25, 0.3) is 0 Å². The Morgan fingerprint density at radius 3 is 2.74 bits per heavy atom. The van der Waals surface area contributed by atoms with Gasteiger partial charge in [0.2, 0.25) is 0 Å². The van der Waals surface area contributed by atoms with Gasteiger partial charge in [-0.15, -0.1) is 0 Å². The Morgan fingerprint density at radius 1 is 1.35 bits per heavy atom. The first kappa shape index (κ1) is 19.5. The Labute approximate surface area is 143 Å². The smallest absolute Gasteiger partial charge is 0.331 e. The number of halogens is 1. The van der Waals surface area contributed by atoms with Crippen LogP contribution in [-0.4, -0.2) is 52.0 Å². The molecule has 0 bridgehead atoms. The lowest BCUT2D eigenvalue weighted by Crippen LogP contribution is -3.15. The van der Waals surface area contributed by atoms with E-state index in [4.69, 9.17) is 14.2 Å². The standard InChI is InChI=1S/C17H23NO4.ClH/c1-14(13-18-9-11-21-12-10-18)22-17(19)8-7-15-5-3-4-6-16(15)20-2;/h3-8,14H,9-13H2,1-2H3;1H/b8-7+;. The first-order valence-electron chi connectivity index (χ1n) is 7.62. The molecule has 0 aliphatic carbocycles. The highest BCUT2D eigenvalue weighted by molar-refractivity contribution is 5.87. The predicted octanol–water partition coefficient (Wildman–Crippen LogP) is -2.44. The third-order valence-electron chi connectivity index (χ3n) is 3.63. The molecule has 23 heavy (non-hydrogen) atoms. The summed E-state index contributed by atoms with van der Waals surface area (Å²) in [4.78, 5) is 13.3. The summed E-state index contributed by atoms with van der Waals surface area (Å²) in [5, 5.41) is 0. The van der Waals surface area contributed by atoms with E-state index >= 15 is 0 Å². The number of morpholine rings is 1. The van der Waals surface area contributed by atoms with Crippen molar-refractivity contribution in [2.45, 2.75) is 13.0 Å². The number of ether oxygens (including phenoxy) is 3. The molecule has 1 aromatic carbocycles. The summed E-state index contributed by atoms with van der Waals surface area (Å²) in [6.45, 7) is 6.25. The molecule has 0 radical (unpaired) electrons. The Balaban J connectivity index is 0.00000264. The van der Waals surface area contributed by atoms with E-state index in [2.05, 4.69) is 0 Å². The van der Waals surface area contributed by atoms with Crippen molar-refractivity contribution in [1.29, 1.82) is 0 Å². The van der Waals surface area contributed by atoms with Crippen LogP contribution in [0, 0.1) is 0 Å². The molecule has 1 fully saturated rings. The minimum Gasteiger partial charge on any atom is -1.00 e. The Hall–Kier alpha value is -1.56. The van der Waals surface area contributed by atoms with Gasteiger partial charge in [0, 0.05) is 11.6 Å². The molecule has 1 unspecified atom stereocenters. The maximum absolute atomic E-state index is 11.9.